The van der Waals surface area contributed by atoms with Crippen LogP contribution in [0.3, 0.4) is 0 Å². The molecule has 0 bridgehead atoms. The summed E-state index contributed by atoms with van der Waals surface area (Å²) in [7, 11) is 0. The van der Waals surface area contributed by atoms with Crippen LogP contribution >= 0.6 is 0 Å². The van der Waals surface area contributed by atoms with Crippen molar-refractivity contribution in [2.45, 2.75) is 78.6 Å². The minimum atomic E-state index is 0.0152. The van der Waals surface area contributed by atoms with Gasteiger partial charge in [-0.15, -0.1) is 0 Å². The Bertz CT molecular complexity index is 2540. The van der Waals surface area contributed by atoms with Gasteiger partial charge in [0.2, 0.25) is 0 Å². The van der Waals surface area contributed by atoms with Crippen LogP contribution < -0.4 is 25.3 Å². The first kappa shape index (κ1) is 32.5. The summed E-state index contributed by atoms with van der Waals surface area (Å²) in [5.74, 6) is 0. The maximum absolute atomic E-state index is 4.97. The molecule has 0 radical (unpaired) electrons. The number of aromatic nitrogens is 2. The molecule has 0 fully saturated rings. The fourth-order valence-electron chi connectivity index (χ4n) is 8.16. The van der Waals surface area contributed by atoms with Crippen molar-refractivity contribution in [3.63, 3.8) is 0 Å². The van der Waals surface area contributed by atoms with Crippen LogP contribution in [0.5, 0.6) is 0 Å². The fraction of sp³-hybridized carbons (Fsp3) is 0.255. The molecule has 2 nitrogen and oxygen atoms in total. The van der Waals surface area contributed by atoms with Gasteiger partial charge in [-0.1, -0.05) is 0 Å². The summed E-state index contributed by atoms with van der Waals surface area (Å²) in [5, 5.41) is 2.72. The number of nitrogens with zero attached hydrogens (tertiary/aromatic N) is 2. The summed E-state index contributed by atoms with van der Waals surface area (Å²) in [5.41, 5.74) is 17.3. The number of fused-ring (bicyclic) bond motifs is 7. The Labute approximate surface area is 309 Å². The van der Waals surface area contributed by atoms with E-state index in [4.69, 9.17) is 4.98 Å². The Morgan fingerprint density at radius 2 is 1.22 bits per heavy atom. The molecule has 0 N–H and O–H groups in total. The van der Waals surface area contributed by atoms with E-state index in [1.807, 2.05) is 0 Å². The van der Waals surface area contributed by atoms with Crippen molar-refractivity contribution in [1.29, 1.82) is 0 Å². The van der Waals surface area contributed by atoms with Crippen molar-refractivity contribution in [2.75, 3.05) is 0 Å². The first-order valence-corrected chi connectivity index (χ1v) is 20.0. The molecule has 51 heavy (non-hydrogen) atoms. The molecular formula is C47H45BN2Se. The van der Waals surface area contributed by atoms with Crippen LogP contribution in [0.15, 0.2) is 109 Å². The molecule has 0 amide bonds. The topological polar surface area (TPSA) is 17.8 Å². The summed E-state index contributed by atoms with van der Waals surface area (Å²) in [6.07, 6.45) is 2.07. The average molecular weight is 728 g/mol. The van der Waals surface area contributed by atoms with E-state index in [0.29, 0.717) is 0 Å². The summed E-state index contributed by atoms with van der Waals surface area (Å²) in [4.78, 5) is 4.97. The van der Waals surface area contributed by atoms with E-state index in [9.17, 15) is 0 Å². The molecule has 4 heteroatoms. The first-order chi connectivity index (χ1) is 24.2. The van der Waals surface area contributed by atoms with Gasteiger partial charge in [-0.3, -0.25) is 0 Å². The Morgan fingerprint density at radius 3 is 1.90 bits per heavy atom. The number of rotatable bonds is 2. The van der Waals surface area contributed by atoms with Crippen LogP contribution in [-0.4, -0.2) is 31.2 Å². The van der Waals surface area contributed by atoms with E-state index in [1.54, 1.807) is 0 Å². The molecule has 5 aromatic carbocycles. The molecule has 0 spiro atoms. The summed E-state index contributed by atoms with van der Waals surface area (Å²) in [6, 6.07) is 39.6. The molecule has 2 aromatic heterocycles. The number of hydrogen-bond acceptors (Lipinski definition) is 1. The normalized spacial score (nSPS) is 13.9. The zero-order valence-corrected chi connectivity index (χ0v) is 33.0. The van der Waals surface area contributed by atoms with Gasteiger partial charge >= 0.3 is 311 Å². The zero-order valence-electron chi connectivity index (χ0n) is 31.3. The quantitative estimate of drug-likeness (QED) is 0.164. The van der Waals surface area contributed by atoms with Crippen molar-refractivity contribution in [3.8, 4) is 28.1 Å². The maximum atomic E-state index is 4.97. The molecule has 2 aliphatic heterocycles. The van der Waals surface area contributed by atoms with E-state index in [0.717, 1.165) is 16.8 Å². The molecule has 0 atom stereocenters. The molecule has 9 rings (SSSR count). The summed E-state index contributed by atoms with van der Waals surface area (Å²) in [6.45, 7) is 21.3. The number of benzene rings is 5. The Balaban J connectivity index is 1.37. The molecule has 4 heterocycles. The third kappa shape index (κ3) is 5.17. The monoisotopic (exact) mass is 728 g/mol. The predicted molar refractivity (Wildman–Crippen MR) is 222 cm³/mol. The summed E-state index contributed by atoms with van der Waals surface area (Å²) < 4.78 is 5.61. The fourth-order valence-corrected chi connectivity index (χ4v) is 10.6. The van der Waals surface area contributed by atoms with Crippen LogP contribution in [0, 0.1) is 0 Å². The van der Waals surface area contributed by atoms with Gasteiger partial charge in [-0.05, 0) is 0 Å². The zero-order chi connectivity index (χ0) is 35.6. The van der Waals surface area contributed by atoms with Crippen molar-refractivity contribution in [1.82, 2.24) is 9.55 Å². The molecule has 0 saturated carbocycles. The standard InChI is InChI=1S/C47H45BN2Se/c1-45(2,3)31-16-19-39-34(23-31)35-24-33(47(7,8)9)26-37-44(35)50(39)40-21-30(29-15-18-38(49-27-29)28-13-11-10-12-14-28)22-42-43(40)48(37)36-25-32(46(4,5)6)17-20-41(36)51-42/h10-27H,1-9H3. The van der Waals surface area contributed by atoms with Gasteiger partial charge < -0.3 is 0 Å². The van der Waals surface area contributed by atoms with Gasteiger partial charge in [0.05, 0.1) is 0 Å². The van der Waals surface area contributed by atoms with E-state index in [-0.39, 0.29) is 37.9 Å². The van der Waals surface area contributed by atoms with E-state index in [2.05, 4.69) is 176 Å². The van der Waals surface area contributed by atoms with Crippen LogP contribution in [0.25, 0.3) is 49.9 Å². The Hall–Kier alpha value is -4.37. The molecule has 0 aliphatic carbocycles. The second-order valence-electron chi connectivity index (χ2n) is 17.8. The van der Waals surface area contributed by atoms with Crippen molar-refractivity contribution >= 4 is 68.8 Å². The molecule has 2 aliphatic rings. The Kier molecular flexibility index (Phi) is 7.06. The molecule has 7 aromatic rings. The van der Waals surface area contributed by atoms with Gasteiger partial charge in [0.15, 0.2) is 0 Å². The van der Waals surface area contributed by atoms with Crippen LogP contribution in [0.2, 0.25) is 0 Å². The van der Waals surface area contributed by atoms with Crippen molar-refractivity contribution < 1.29 is 0 Å². The second-order valence-corrected chi connectivity index (χ2v) is 20.0. The van der Waals surface area contributed by atoms with Crippen LogP contribution in [-0.2, 0) is 16.2 Å². The van der Waals surface area contributed by atoms with E-state index >= 15 is 0 Å². The first-order valence-electron chi connectivity index (χ1n) is 18.3. The predicted octanol–water partition coefficient (Wildman–Crippen LogP) is 8.20. The molecule has 0 unspecified atom stereocenters. The number of hydrogen-bond donors (Lipinski definition) is 0. The van der Waals surface area contributed by atoms with Gasteiger partial charge in [0.1, 0.15) is 0 Å². The third-order valence-electron chi connectivity index (χ3n) is 11.2. The Morgan fingerprint density at radius 1 is 0.549 bits per heavy atom. The van der Waals surface area contributed by atoms with Gasteiger partial charge in [0.25, 0.3) is 0 Å². The van der Waals surface area contributed by atoms with Crippen molar-refractivity contribution in [2.24, 2.45) is 0 Å². The minimum absolute atomic E-state index is 0.0152. The third-order valence-corrected chi connectivity index (χ3v) is 13.6. The van der Waals surface area contributed by atoms with E-state index < -0.39 is 0 Å². The van der Waals surface area contributed by atoms with Gasteiger partial charge in [-0.25, -0.2) is 0 Å². The second kappa shape index (κ2) is 11.1. The van der Waals surface area contributed by atoms with Gasteiger partial charge in [-0.2, -0.15) is 0 Å². The van der Waals surface area contributed by atoms with Crippen LogP contribution in [0.1, 0.15) is 79.0 Å². The summed E-state index contributed by atoms with van der Waals surface area (Å²) >= 11 is 0.167. The molecule has 252 valence electrons. The SMILES string of the molecule is CC(C)(C)c1ccc2c(c1)B1c3c(cc(-c4ccc(-c5ccccc5)nc4)cc3-n3c4ccc(C(C)(C)C)cc4c4cc(C(C)(C)C)cc1c43)[Se]2. The molecular weight excluding hydrogens is 682 g/mol. The number of pyridine rings is 1. The van der Waals surface area contributed by atoms with Crippen LogP contribution in [0.4, 0.5) is 0 Å². The van der Waals surface area contributed by atoms with Crippen molar-refractivity contribution in [3.05, 3.63) is 126 Å². The van der Waals surface area contributed by atoms with E-state index in [1.165, 1.54) is 75.1 Å². The van der Waals surface area contributed by atoms with Gasteiger partial charge in [0, 0.05) is 0 Å². The average Bonchev–Trinajstić information content (AvgIpc) is 3.43. The molecule has 0 saturated heterocycles.